The summed E-state index contributed by atoms with van der Waals surface area (Å²) < 4.78 is 12.8. The van der Waals surface area contributed by atoms with Gasteiger partial charge < -0.3 is 5.32 Å². The van der Waals surface area contributed by atoms with Crippen LogP contribution in [0.2, 0.25) is 0 Å². The molecule has 0 aliphatic rings. The highest BCUT2D eigenvalue weighted by Gasteiger charge is 1.94. The number of hydrogen-bond acceptors (Lipinski definition) is 1. The highest BCUT2D eigenvalue weighted by Crippen LogP contribution is 2.10. The summed E-state index contributed by atoms with van der Waals surface area (Å²) >= 11 is 0. The van der Waals surface area contributed by atoms with Gasteiger partial charge in [-0.05, 0) is 23.8 Å². The predicted octanol–water partition coefficient (Wildman–Crippen LogP) is 3.24. The number of nitrogens with one attached hydrogen (secondary N) is 1. The predicted molar refractivity (Wildman–Crippen MR) is 59.0 cm³/mol. The van der Waals surface area contributed by atoms with Gasteiger partial charge in [0.2, 0.25) is 0 Å². The van der Waals surface area contributed by atoms with Crippen molar-refractivity contribution < 1.29 is 4.39 Å². The van der Waals surface area contributed by atoms with E-state index in [1.54, 1.807) is 12.1 Å². The summed E-state index contributed by atoms with van der Waals surface area (Å²) in [5.74, 6) is -0.340. The van der Waals surface area contributed by atoms with Crippen molar-refractivity contribution in [3.05, 3.63) is 66.0 Å². The lowest BCUT2D eigenvalue weighted by molar-refractivity contribution is 0.626. The molecule has 1 radical (unpaired) electrons. The van der Waals surface area contributed by atoms with Crippen molar-refractivity contribution in [3.8, 4) is 0 Å². The minimum Gasteiger partial charge on any atom is -0.381 e. The van der Waals surface area contributed by atoms with Crippen LogP contribution in [0.3, 0.4) is 0 Å². The maximum absolute atomic E-state index is 12.8. The van der Waals surface area contributed by atoms with Crippen LogP contribution in [0.4, 0.5) is 10.1 Å². The Balaban J connectivity index is 1.99. The fourth-order valence-corrected chi connectivity index (χ4v) is 1.35. The van der Waals surface area contributed by atoms with E-state index in [9.17, 15) is 4.39 Å². The highest BCUT2D eigenvalue weighted by atomic mass is 19.1. The van der Waals surface area contributed by atoms with Crippen LogP contribution in [0, 0.1) is 11.9 Å². The Morgan fingerprint density at radius 1 is 1.13 bits per heavy atom. The molecule has 15 heavy (non-hydrogen) atoms. The molecule has 0 unspecified atom stereocenters. The Morgan fingerprint density at radius 2 is 1.93 bits per heavy atom. The third-order valence-electron chi connectivity index (χ3n) is 2.11. The largest absolute Gasteiger partial charge is 0.381 e. The molecule has 2 aromatic carbocycles. The van der Waals surface area contributed by atoms with E-state index in [4.69, 9.17) is 0 Å². The first kappa shape index (κ1) is 9.71. The van der Waals surface area contributed by atoms with Crippen molar-refractivity contribution in [2.75, 3.05) is 5.32 Å². The average molecular weight is 200 g/mol. The molecule has 75 valence electrons. The molecule has 2 rings (SSSR count). The summed E-state index contributed by atoms with van der Waals surface area (Å²) in [7, 11) is 0. The fraction of sp³-hybridized carbons (Fsp3) is 0.0769. The summed E-state index contributed by atoms with van der Waals surface area (Å²) in [6.07, 6.45) is 0. The molecule has 0 saturated carbocycles. The Bertz CT molecular complexity index is 426. The van der Waals surface area contributed by atoms with Gasteiger partial charge >= 0.3 is 0 Å². The van der Waals surface area contributed by atoms with E-state index in [2.05, 4.69) is 11.4 Å². The van der Waals surface area contributed by atoms with Gasteiger partial charge in [0.05, 0.1) is 0 Å². The van der Waals surface area contributed by atoms with Crippen molar-refractivity contribution in [1.82, 2.24) is 0 Å². The minimum atomic E-state index is -0.340. The molecule has 0 fully saturated rings. The van der Waals surface area contributed by atoms with Crippen LogP contribution in [0.1, 0.15) is 5.56 Å². The first-order valence-corrected chi connectivity index (χ1v) is 4.79. The number of hydrogen-bond donors (Lipinski definition) is 1. The van der Waals surface area contributed by atoms with Gasteiger partial charge in [-0.25, -0.2) is 4.39 Å². The smallest absolute Gasteiger partial charge is 0.133 e. The Labute approximate surface area is 88.6 Å². The fourth-order valence-electron chi connectivity index (χ4n) is 1.35. The zero-order valence-electron chi connectivity index (χ0n) is 8.20. The molecule has 0 aliphatic carbocycles. The van der Waals surface area contributed by atoms with E-state index < -0.39 is 0 Å². The lowest BCUT2D eigenvalue weighted by atomic mass is 10.2. The molecule has 0 aromatic heterocycles. The molecule has 0 amide bonds. The minimum absolute atomic E-state index is 0.340. The first-order chi connectivity index (χ1) is 7.34. The van der Waals surface area contributed by atoms with Crippen molar-refractivity contribution >= 4 is 5.69 Å². The molecule has 0 aliphatic heterocycles. The maximum Gasteiger partial charge on any atom is 0.133 e. The highest BCUT2D eigenvalue weighted by molar-refractivity contribution is 5.43. The molecule has 0 saturated heterocycles. The van der Waals surface area contributed by atoms with Gasteiger partial charge in [0.1, 0.15) is 5.82 Å². The van der Waals surface area contributed by atoms with Crippen molar-refractivity contribution in [2.24, 2.45) is 0 Å². The van der Waals surface area contributed by atoms with Gasteiger partial charge in [0.25, 0.3) is 0 Å². The third kappa shape index (κ3) is 2.81. The molecule has 2 aromatic rings. The molecule has 0 heterocycles. The van der Waals surface area contributed by atoms with Crippen molar-refractivity contribution in [2.45, 2.75) is 6.54 Å². The zero-order chi connectivity index (χ0) is 10.5. The Hall–Kier alpha value is -1.83. The van der Waals surface area contributed by atoms with Crippen LogP contribution in [0.5, 0.6) is 0 Å². The Kier molecular flexibility index (Phi) is 2.98. The van der Waals surface area contributed by atoms with Gasteiger partial charge in [0, 0.05) is 18.3 Å². The van der Waals surface area contributed by atoms with E-state index in [0.29, 0.717) is 6.54 Å². The lowest BCUT2D eigenvalue weighted by Crippen LogP contribution is -1.98. The summed E-state index contributed by atoms with van der Waals surface area (Å²) in [6, 6.07) is 17.3. The molecule has 0 spiro atoms. The van der Waals surface area contributed by atoms with E-state index >= 15 is 0 Å². The van der Waals surface area contributed by atoms with Gasteiger partial charge in [0.15, 0.2) is 0 Å². The summed E-state index contributed by atoms with van der Waals surface area (Å²) in [6.45, 7) is 0.699. The van der Waals surface area contributed by atoms with Crippen LogP contribution >= 0.6 is 0 Å². The number of anilines is 1. The Morgan fingerprint density at radius 3 is 2.67 bits per heavy atom. The molecule has 0 atom stereocenters. The SMILES string of the molecule is Fc1[c]ccc(NCc2ccccc2)c1. The maximum atomic E-state index is 12.8. The quantitative estimate of drug-likeness (QED) is 0.802. The average Bonchev–Trinajstić information content (AvgIpc) is 2.28. The molecule has 1 N–H and O–H groups in total. The van der Waals surface area contributed by atoms with E-state index in [0.717, 1.165) is 5.69 Å². The van der Waals surface area contributed by atoms with Gasteiger partial charge in [-0.1, -0.05) is 30.3 Å². The van der Waals surface area contributed by atoms with Crippen molar-refractivity contribution in [3.63, 3.8) is 0 Å². The molecule has 2 heteroatoms. The summed E-state index contributed by atoms with van der Waals surface area (Å²) in [5.41, 5.74) is 1.95. The molecular weight excluding hydrogens is 189 g/mol. The second-order valence-electron chi connectivity index (χ2n) is 3.26. The van der Waals surface area contributed by atoms with Crippen LogP contribution in [-0.2, 0) is 6.54 Å². The van der Waals surface area contributed by atoms with Crippen LogP contribution < -0.4 is 5.32 Å². The monoisotopic (exact) mass is 200 g/mol. The van der Waals surface area contributed by atoms with Gasteiger partial charge in [-0.15, -0.1) is 0 Å². The van der Waals surface area contributed by atoms with Crippen LogP contribution in [-0.4, -0.2) is 0 Å². The third-order valence-corrected chi connectivity index (χ3v) is 2.11. The van der Waals surface area contributed by atoms with Gasteiger partial charge in [-0.2, -0.15) is 0 Å². The van der Waals surface area contributed by atoms with Crippen LogP contribution in [0.15, 0.2) is 48.5 Å². The number of rotatable bonds is 3. The molecular formula is C13H11FN. The zero-order valence-corrected chi connectivity index (χ0v) is 8.20. The van der Waals surface area contributed by atoms with Crippen molar-refractivity contribution in [1.29, 1.82) is 0 Å². The summed E-state index contributed by atoms with van der Waals surface area (Å²) in [4.78, 5) is 0. The molecule has 0 bridgehead atoms. The van der Waals surface area contributed by atoms with E-state index in [-0.39, 0.29) is 5.82 Å². The normalized spacial score (nSPS) is 9.93. The summed E-state index contributed by atoms with van der Waals surface area (Å²) in [5, 5.41) is 3.14. The van der Waals surface area contributed by atoms with Gasteiger partial charge in [-0.3, -0.25) is 0 Å². The second-order valence-corrected chi connectivity index (χ2v) is 3.26. The topological polar surface area (TPSA) is 12.0 Å². The van der Waals surface area contributed by atoms with Crippen LogP contribution in [0.25, 0.3) is 0 Å². The first-order valence-electron chi connectivity index (χ1n) is 4.79. The van der Waals surface area contributed by atoms with E-state index in [1.807, 2.05) is 30.3 Å². The standard InChI is InChI=1S/C13H11FN/c14-12-7-4-8-13(9-12)15-10-11-5-2-1-3-6-11/h1-6,8-9,15H,10H2. The number of halogens is 1. The lowest BCUT2D eigenvalue weighted by Gasteiger charge is -2.05. The molecule has 1 nitrogen and oxygen atoms in total. The second kappa shape index (κ2) is 4.60. The van der Waals surface area contributed by atoms with E-state index in [1.165, 1.54) is 11.6 Å². The number of benzene rings is 2.